The van der Waals surface area contributed by atoms with Crippen LogP contribution in [0.15, 0.2) is 48.0 Å². The summed E-state index contributed by atoms with van der Waals surface area (Å²) in [7, 11) is 0. The molecule has 0 unspecified atom stereocenters. The van der Waals surface area contributed by atoms with Crippen LogP contribution in [0, 0.1) is 5.41 Å². The number of rotatable bonds is 5. The molecule has 0 heteroatoms. The maximum Gasteiger partial charge on any atom is -0.00574 e. The summed E-state index contributed by atoms with van der Waals surface area (Å²) in [4.78, 5) is 0. The van der Waals surface area contributed by atoms with Crippen molar-refractivity contribution in [3.63, 3.8) is 0 Å². The summed E-state index contributed by atoms with van der Waals surface area (Å²) >= 11 is 0. The van der Waals surface area contributed by atoms with Gasteiger partial charge in [0.2, 0.25) is 0 Å². The lowest BCUT2D eigenvalue weighted by Crippen LogP contribution is -2.24. The minimum atomic E-state index is 0.206. The Morgan fingerprint density at radius 2 is 1.62 bits per heavy atom. The Hall–Kier alpha value is -1.82. The lowest BCUT2D eigenvalue weighted by atomic mass is 9.67. The van der Waals surface area contributed by atoms with E-state index in [-0.39, 0.29) is 5.41 Å². The van der Waals surface area contributed by atoms with Crippen molar-refractivity contribution < 1.29 is 0 Å². The van der Waals surface area contributed by atoms with Crippen molar-refractivity contribution in [2.75, 3.05) is 0 Å². The number of benzene rings is 2. The van der Waals surface area contributed by atoms with Crippen LogP contribution < -0.4 is 0 Å². The van der Waals surface area contributed by atoms with Gasteiger partial charge in [-0.2, -0.15) is 0 Å². The molecule has 1 saturated carbocycles. The van der Waals surface area contributed by atoms with Crippen LogP contribution in [-0.2, 0) is 11.8 Å². The van der Waals surface area contributed by atoms with Crippen molar-refractivity contribution in [3.8, 4) is 11.1 Å². The SMILES string of the molecule is CCCC1(CC2=Cc3c(cccc3-c3ccc(C(C)(C)C)cc3)C2)CCCCC1. The van der Waals surface area contributed by atoms with Gasteiger partial charge in [0.05, 0.1) is 0 Å². The fourth-order valence-corrected chi connectivity index (χ4v) is 5.78. The maximum absolute atomic E-state index is 2.55. The highest BCUT2D eigenvalue weighted by atomic mass is 14.4. The van der Waals surface area contributed by atoms with Crippen molar-refractivity contribution in [1.82, 2.24) is 0 Å². The molecule has 154 valence electrons. The Bertz CT molecular complexity index is 862. The van der Waals surface area contributed by atoms with E-state index in [0.29, 0.717) is 5.41 Å². The van der Waals surface area contributed by atoms with Gasteiger partial charge in [-0.3, -0.25) is 0 Å². The van der Waals surface area contributed by atoms with Crippen molar-refractivity contribution in [3.05, 3.63) is 64.7 Å². The molecule has 1 fully saturated rings. The van der Waals surface area contributed by atoms with Gasteiger partial charge < -0.3 is 0 Å². The smallest absolute Gasteiger partial charge is 0.00574 e. The molecule has 0 spiro atoms. The largest absolute Gasteiger partial charge is 0.0654 e. The third-order valence-electron chi connectivity index (χ3n) is 7.32. The zero-order valence-corrected chi connectivity index (χ0v) is 19.0. The topological polar surface area (TPSA) is 0 Å². The Labute approximate surface area is 178 Å². The molecule has 0 bridgehead atoms. The van der Waals surface area contributed by atoms with E-state index >= 15 is 0 Å². The Balaban J connectivity index is 1.61. The Morgan fingerprint density at radius 1 is 0.897 bits per heavy atom. The molecule has 0 amide bonds. The summed E-state index contributed by atoms with van der Waals surface area (Å²) in [5.41, 5.74) is 9.64. The highest BCUT2D eigenvalue weighted by Crippen LogP contribution is 2.47. The predicted octanol–water partition coefficient (Wildman–Crippen LogP) is 8.73. The minimum Gasteiger partial charge on any atom is -0.0654 e. The second kappa shape index (κ2) is 8.13. The molecule has 0 aromatic heterocycles. The summed E-state index contributed by atoms with van der Waals surface area (Å²) in [6.45, 7) is 9.23. The van der Waals surface area contributed by atoms with E-state index in [1.165, 1.54) is 79.2 Å². The van der Waals surface area contributed by atoms with E-state index in [9.17, 15) is 0 Å². The molecule has 0 N–H and O–H groups in total. The number of allylic oxidation sites excluding steroid dienone is 1. The number of hydrogen-bond acceptors (Lipinski definition) is 0. The lowest BCUT2D eigenvalue weighted by molar-refractivity contribution is 0.169. The molecule has 29 heavy (non-hydrogen) atoms. The van der Waals surface area contributed by atoms with Crippen LogP contribution in [0.1, 0.15) is 95.8 Å². The predicted molar refractivity (Wildman–Crippen MR) is 127 cm³/mol. The number of hydrogen-bond donors (Lipinski definition) is 0. The first-order valence-corrected chi connectivity index (χ1v) is 11.8. The van der Waals surface area contributed by atoms with Crippen molar-refractivity contribution >= 4 is 6.08 Å². The molecule has 4 rings (SSSR count). The van der Waals surface area contributed by atoms with Gasteiger partial charge >= 0.3 is 0 Å². The summed E-state index contributed by atoms with van der Waals surface area (Å²) in [6.07, 6.45) is 15.0. The van der Waals surface area contributed by atoms with Crippen molar-refractivity contribution in [2.45, 2.75) is 90.9 Å². The molecule has 0 nitrogen and oxygen atoms in total. The zero-order chi connectivity index (χ0) is 20.5. The highest BCUT2D eigenvalue weighted by molar-refractivity contribution is 5.81. The standard InChI is InChI=1S/C29H38/c1-5-16-29(17-7-6-8-18-29)21-22-19-24-10-9-11-26(27(24)20-22)23-12-14-25(15-13-23)28(2,3)4/h9-15,20H,5-8,16-19,21H2,1-4H3. The fraction of sp³-hybridized carbons (Fsp3) is 0.517. The van der Waals surface area contributed by atoms with E-state index in [1.54, 1.807) is 5.57 Å². The van der Waals surface area contributed by atoms with Crippen LogP contribution in [0.25, 0.3) is 17.2 Å². The summed E-state index contributed by atoms with van der Waals surface area (Å²) < 4.78 is 0. The average Bonchev–Trinajstić information content (AvgIpc) is 3.10. The molecular formula is C29H38. The summed E-state index contributed by atoms with van der Waals surface area (Å²) in [6, 6.07) is 16.2. The van der Waals surface area contributed by atoms with Gasteiger partial charge in [-0.25, -0.2) is 0 Å². The first kappa shape index (κ1) is 20.5. The molecule has 0 heterocycles. The van der Waals surface area contributed by atoms with Crippen molar-refractivity contribution in [1.29, 1.82) is 0 Å². The maximum atomic E-state index is 2.55. The normalized spacial score (nSPS) is 18.4. The molecule has 2 aromatic carbocycles. The van der Waals surface area contributed by atoms with Crippen LogP contribution in [0.5, 0.6) is 0 Å². The van der Waals surface area contributed by atoms with Gasteiger partial charge in [-0.05, 0) is 70.8 Å². The zero-order valence-electron chi connectivity index (χ0n) is 19.0. The van der Waals surface area contributed by atoms with Gasteiger partial charge in [0.1, 0.15) is 0 Å². The molecule has 0 radical (unpaired) electrons. The van der Waals surface area contributed by atoms with Crippen molar-refractivity contribution in [2.24, 2.45) is 5.41 Å². The average molecular weight is 387 g/mol. The molecular weight excluding hydrogens is 348 g/mol. The van der Waals surface area contributed by atoms with Gasteiger partial charge in [0, 0.05) is 0 Å². The third-order valence-corrected chi connectivity index (χ3v) is 7.32. The quantitative estimate of drug-likeness (QED) is 0.482. The van der Waals surface area contributed by atoms with Crippen LogP contribution in [-0.4, -0.2) is 0 Å². The van der Waals surface area contributed by atoms with E-state index in [0.717, 1.165) is 6.42 Å². The van der Waals surface area contributed by atoms with E-state index in [4.69, 9.17) is 0 Å². The highest BCUT2D eigenvalue weighted by Gasteiger charge is 2.33. The lowest BCUT2D eigenvalue weighted by Gasteiger charge is -2.38. The first-order chi connectivity index (χ1) is 13.9. The molecule has 2 aliphatic carbocycles. The molecule has 2 aromatic rings. The van der Waals surface area contributed by atoms with Gasteiger partial charge in [-0.1, -0.05) is 107 Å². The summed E-state index contributed by atoms with van der Waals surface area (Å²) in [5, 5.41) is 0. The minimum absolute atomic E-state index is 0.206. The van der Waals surface area contributed by atoms with E-state index in [2.05, 4.69) is 76.2 Å². The monoisotopic (exact) mass is 386 g/mol. The van der Waals surface area contributed by atoms with Crippen LogP contribution in [0.2, 0.25) is 0 Å². The second-order valence-corrected chi connectivity index (χ2v) is 10.7. The molecule has 2 aliphatic rings. The fourth-order valence-electron chi connectivity index (χ4n) is 5.78. The molecule has 0 atom stereocenters. The van der Waals surface area contributed by atoms with Crippen LogP contribution in [0.3, 0.4) is 0 Å². The molecule has 0 saturated heterocycles. The second-order valence-electron chi connectivity index (χ2n) is 10.7. The Kier molecular flexibility index (Phi) is 5.74. The van der Waals surface area contributed by atoms with E-state index < -0.39 is 0 Å². The van der Waals surface area contributed by atoms with Gasteiger partial charge in [0.15, 0.2) is 0 Å². The summed E-state index contributed by atoms with van der Waals surface area (Å²) in [5.74, 6) is 0. The van der Waals surface area contributed by atoms with Gasteiger partial charge in [-0.15, -0.1) is 0 Å². The van der Waals surface area contributed by atoms with Crippen LogP contribution >= 0.6 is 0 Å². The first-order valence-electron chi connectivity index (χ1n) is 11.8. The Morgan fingerprint density at radius 3 is 2.28 bits per heavy atom. The third kappa shape index (κ3) is 4.37. The van der Waals surface area contributed by atoms with E-state index in [1.807, 2.05) is 0 Å². The number of fused-ring (bicyclic) bond motifs is 1. The molecule has 0 aliphatic heterocycles. The van der Waals surface area contributed by atoms with Gasteiger partial charge in [0.25, 0.3) is 0 Å². The van der Waals surface area contributed by atoms with Crippen LogP contribution in [0.4, 0.5) is 0 Å².